The van der Waals surface area contributed by atoms with Crippen molar-refractivity contribution in [1.82, 2.24) is 14.7 Å². The number of aromatic nitrogens is 2. The molecule has 0 aliphatic heterocycles. The van der Waals surface area contributed by atoms with Gasteiger partial charge in [0, 0.05) is 18.3 Å². The molecule has 0 fully saturated rings. The van der Waals surface area contributed by atoms with Crippen molar-refractivity contribution in [3.8, 4) is 0 Å². The second-order valence-electron chi connectivity index (χ2n) is 4.21. The van der Waals surface area contributed by atoms with Crippen LogP contribution < -0.4 is 4.72 Å². The molecule has 0 aliphatic rings. The van der Waals surface area contributed by atoms with E-state index < -0.39 is 15.9 Å². The zero-order chi connectivity index (χ0) is 15.5. The van der Waals surface area contributed by atoms with Gasteiger partial charge in [-0.1, -0.05) is 0 Å². The van der Waals surface area contributed by atoms with E-state index in [-0.39, 0.29) is 10.7 Å². The number of nitrogens with zero attached hydrogens (tertiary/aromatic N) is 2. The number of hydrogen-bond donors (Lipinski definition) is 1. The predicted molar refractivity (Wildman–Crippen MR) is 74.6 cm³/mol. The van der Waals surface area contributed by atoms with E-state index in [9.17, 15) is 13.2 Å². The highest BCUT2D eigenvalue weighted by atomic mass is 32.2. The molecule has 0 saturated carbocycles. The Labute approximate surface area is 121 Å². The number of aryl methyl sites for hydroxylation is 2. The van der Waals surface area contributed by atoms with Crippen molar-refractivity contribution in [3.63, 3.8) is 0 Å². The third kappa shape index (κ3) is 3.76. The second kappa shape index (κ2) is 5.88. The van der Waals surface area contributed by atoms with Crippen LogP contribution in [-0.2, 0) is 14.8 Å². The molecule has 2 rings (SSSR count). The van der Waals surface area contributed by atoms with Crippen molar-refractivity contribution in [2.75, 3.05) is 0 Å². The summed E-state index contributed by atoms with van der Waals surface area (Å²) in [7, 11) is -3.95. The van der Waals surface area contributed by atoms with E-state index in [1.807, 2.05) is 4.72 Å². The average Bonchev–Trinajstić information content (AvgIpc) is 2.77. The van der Waals surface area contributed by atoms with Gasteiger partial charge in [-0.2, -0.15) is 0 Å². The van der Waals surface area contributed by atoms with Crippen LogP contribution in [0.5, 0.6) is 0 Å². The summed E-state index contributed by atoms with van der Waals surface area (Å²) in [5.74, 6) is -0.0868. The summed E-state index contributed by atoms with van der Waals surface area (Å²) < 4.78 is 31.2. The second-order valence-corrected chi connectivity index (χ2v) is 5.87. The summed E-state index contributed by atoms with van der Waals surface area (Å²) in [5, 5.41) is 0. The van der Waals surface area contributed by atoms with Crippen molar-refractivity contribution < 1.29 is 17.6 Å². The van der Waals surface area contributed by atoms with Gasteiger partial charge in [0.1, 0.15) is 22.7 Å². The normalized spacial score (nSPS) is 11.7. The maximum Gasteiger partial charge on any atom is 0.267 e. The highest BCUT2D eigenvalue weighted by Crippen LogP contribution is 2.18. The number of hydrogen-bond acceptors (Lipinski definition) is 6. The maximum absolute atomic E-state index is 12.0. The van der Waals surface area contributed by atoms with Crippen molar-refractivity contribution in [2.45, 2.75) is 18.7 Å². The van der Waals surface area contributed by atoms with Crippen LogP contribution in [0.4, 0.5) is 0 Å². The molecule has 2 heterocycles. The average molecular weight is 307 g/mol. The smallest absolute Gasteiger partial charge is 0.267 e. The first kappa shape index (κ1) is 14.9. The first-order valence-electron chi connectivity index (χ1n) is 5.96. The Morgan fingerprint density at radius 3 is 2.71 bits per heavy atom. The quantitative estimate of drug-likeness (QED) is 0.852. The molecule has 0 saturated heterocycles. The van der Waals surface area contributed by atoms with E-state index in [2.05, 4.69) is 9.97 Å². The van der Waals surface area contributed by atoms with E-state index in [0.717, 1.165) is 6.08 Å². The first-order chi connectivity index (χ1) is 9.88. The van der Waals surface area contributed by atoms with Gasteiger partial charge >= 0.3 is 0 Å². The van der Waals surface area contributed by atoms with Gasteiger partial charge in [-0.05, 0) is 26.0 Å². The lowest BCUT2D eigenvalue weighted by atomic mass is 10.3. The van der Waals surface area contributed by atoms with Gasteiger partial charge in [0.15, 0.2) is 0 Å². The number of furan rings is 1. The molecule has 7 nitrogen and oxygen atoms in total. The predicted octanol–water partition coefficient (Wildman–Crippen LogP) is 1.20. The maximum atomic E-state index is 12.0. The molecule has 0 atom stereocenters. The van der Waals surface area contributed by atoms with Crippen LogP contribution in [0.25, 0.3) is 6.08 Å². The zero-order valence-corrected chi connectivity index (χ0v) is 12.2. The minimum absolute atomic E-state index is 0.0520. The summed E-state index contributed by atoms with van der Waals surface area (Å²) in [6, 6.07) is 2.95. The molecule has 8 heteroatoms. The summed E-state index contributed by atoms with van der Waals surface area (Å²) in [6.07, 6.45) is 5.31. The van der Waals surface area contributed by atoms with Crippen LogP contribution in [0.2, 0.25) is 0 Å². The SMILES string of the molecule is Cc1cc(S(=O)(=O)NC(=O)C=Cc2ccncn2)c(C)o1. The molecule has 0 spiro atoms. The highest BCUT2D eigenvalue weighted by Gasteiger charge is 2.21. The molecule has 0 aliphatic carbocycles. The van der Waals surface area contributed by atoms with Gasteiger partial charge in [0.25, 0.3) is 15.9 Å². The fraction of sp³-hybridized carbons (Fsp3) is 0.154. The Balaban J connectivity index is 2.12. The monoisotopic (exact) mass is 307 g/mol. The summed E-state index contributed by atoms with van der Waals surface area (Å²) in [5.41, 5.74) is 0.493. The molecule has 0 unspecified atom stereocenters. The van der Waals surface area contributed by atoms with E-state index in [0.29, 0.717) is 11.5 Å². The van der Waals surface area contributed by atoms with Crippen molar-refractivity contribution in [3.05, 3.63) is 47.9 Å². The van der Waals surface area contributed by atoms with E-state index in [4.69, 9.17) is 4.42 Å². The zero-order valence-electron chi connectivity index (χ0n) is 11.4. The van der Waals surface area contributed by atoms with Gasteiger partial charge in [0.2, 0.25) is 0 Å². The fourth-order valence-corrected chi connectivity index (χ4v) is 2.84. The summed E-state index contributed by atoms with van der Waals surface area (Å²) in [6.45, 7) is 3.14. The number of nitrogens with one attached hydrogen (secondary N) is 1. The van der Waals surface area contributed by atoms with Crippen LogP contribution in [-0.4, -0.2) is 24.3 Å². The largest absolute Gasteiger partial charge is 0.465 e. The van der Waals surface area contributed by atoms with Crippen LogP contribution in [0.3, 0.4) is 0 Å². The minimum Gasteiger partial charge on any atom is -0.465 e. The van der Waals surface area contributed by atoms with Crippen LogP contribution in [0.1, 0.15) is 17.2 Å². The Bertz CT molecular complexity index is 779. The molecule has 1 amide bonds. The molecule has 0 radical (unpaired) electrons. The van der Waals surface area contributed by atoms with Gasteiger partial charge in [0.05, 0.1) is 5.69 Å². The Morgan fingerprint density at radius 2 is 2.14 bits per heavy atom. The topological polar surface area (TPSA) is 102 Å². The molecule has 110 valence electrons. The molecule has 21 heavy (non-hydrogen) atoms. The van der Waals surface area contributed by atoms with E-state index in [1.165, 1.54) is 31.6 Å². The van der Waals surface area contributed by atoms with Gasteiger partial charge < -0.3 is 4.42 Å². The molecular formula is C13H13N3O4S. The Morgan fingerprint density at radius 1 is 1.38 bits per heavy atom. The number of carbonyl (C=O) groups excluding carboxylic acids is 1. The molecule has 0 bridgehead atoms. The lowest BCUT2D eigenvalue weighted by molar-refractivity contribution is -0.114. The molecule has 0 aromatic carbocycles. The van der Waals surface area contributed by atoms with Crippen LogP contribution >= 0.6 is 0 Å². The molecule has 2 aromatic rings. The van der Waals surface area contributed by atoms with Crippen molar-refractivity contribution in [1.29, 1.82) is 0 Å². The standard InChI is InChI=1S/C13H13N3O4S/c1-9-7-12(10(2)20-9)21(18,19)16-13(17)4-3-11-5-6-14-8-15-11/h3-8H,1-2H3,(H,16,17). The minimum atomic E-state index is -3.95. The Kier molecular flexibility index (Phi) is 4.18. The summed E-state index contributed by atoms with van der Waals surface area (Å²) in [4.78, 5) is 19.2. The van der Waals surface area contributed by atoms with Gasteiger partial charge in [-0.25, -0.2) is 23.1 Å². The van der Waals surface area contributed by atoms with Crippen molar-refractivity contribution in [2.24, 2.45) is 0 Å². The summed E-state index contributed by atoms with van der Waals surface area (Å²) >= 11 is 0. The first-order valence-corrected chi connectivity index (χ1v) is 7.45. The molecule has 1 N–H and O–H groups in total. The number of rotatable bonds is 4. The third-order valence-corrected chi connectivity index (χ3v) is 3.98. The van der Waals surface area contributed by atoms with Gasteiger partial charge in [-0.3, -0.25) is 4.79 Å². The van der Waals surface area contributed by atoms with Gasteiger partial charge in [-0.15, -0.1) is 0 Å². The van der Waals surface area contributed by atoms with E-state index in [1.54, 1.807) is 13.0 Å². The number of carbonyl (C=O) groups is 1. The van der Waals surface area contributed by atoms with Crippen molar-refractivity contribution >= 4 is 22.0 Å². The highest BCUT2D eigenvalue weighted by molar-refractivity contribution is 7.90. The van der Waals surface area contributed by atoms with Crippen LogP contribution in [0.15, 0.2) is 40.0 Å². The molecule has 2 aromatic heterocycles. The Hall–Kier alpha value is -2.48. The fourth-order valence-electron chi connectivity index (χ4n) is 1.66. The lowest BCUT2D eigenvalue weighted by Gasteiger charge is -2.02. The molecular weight excluding hydrogens is 294 g/mol. The number of amides is 1. The van der Waals surface area contributed by atoms with E-state index >= 15 is 0 Å². The third-order valence-electron chi connectivity index (χ3n) is 2.53. The number of sulfonamides is 1. The lowest BCUT2D eigenvalue weighted by Crippen LogP contribution is -2.29. The van der Waals surface area contributed by atoms with Crippen LogP contribution in [0, 0.1) is 13.8 Å².